The van der Waals surface area contributed by atoms with Gasteiger partial charge < -0.3 is 4.98 Å². The Balaban J connectivity index is 1.43. The molecule has 5 nitrogen and oxygen atoms in total. The normalized spacial score (nSPS) is 11.2. The van der Waals surface area contributed by atoms with Gasteiger partial charge in [0.1, 0.15) is 16.9 Å². The number of hydrogen-bond acceptors (Lipinski definition) is 2. The van der Waals surface area contributed by atoms with E-state index in [-0.39, 0.29) is 0 Å². The van der Waals surface area contributed by atoms with Crippen LogP contribution in [0.1, 0.15) is 16.7 Å². The fourth-order valence-corrected chi connectivity index (χ4v) is 3.55. The lowest BCUT2D eigenvalue weighted by Gasteiger charge is -2.06. The molecule has 29 heavy (non-hydrogen) atoms. The van der Waals surface area contributed by atoms with E-state index in [0.29, 0.717) is 0 Å². The monoisotopic (exact) mass is 380 g/mol. The first-order valence-electron chi connectivity index (χ1n) is 9.70. The first-order chi connectivity index (χ1) is 14.2. The Morgan fingerprint density at radius 2 is 1.69 bits per heavy atom. The predicted molar refractivity (Wildman–Crippen MR) is 114 cm³/mol. The van der Waals surface area contributed by atoms with Gasteiger partial charge in [0.15, 0.2) is 18.9 Å². The number of fused-ring (bicyclic) bond motifs is 1. The lowest BCUT2D eigenvalue weighted by atomic mass is 9.99. The molecule has 0 atom stereocenters. The zero-order chi connectivity index (χ0) is 19.8. The van der Waals surface area contributed by atoms with E-state index < -0.39 is 0 Å². The predicted octanol–water partition coefficient (Wildman–Crippen LogP) is 4.57. The van der Waals surface area contributed by atoms with Crippen molar-refractivity contribution in [1.29, 1.82) is 0 Å². The van der Waals surface area contributed by atoms with E-state index in [0.717, 1.165) is 34.5 Å². The molecule has 5 heteroatoms. The number of imidazole rings is 1. The van der Waals surface area contributed by atoms with Gasteiger partial charge in [-0.1, -0.05) is 42.5 Å². The molecule has 2 aromatic carbocycles. The summed E-state index contributed by atoms with van der Waals surface area (Å²) in [6, 6.07) is 17.2. The average molecular weight is 380 g/mol. The Morgan fingerprint density at radius 1 is 0.897 bits per heavy atom. The Labute approximate surface area is 169 Å². The smallest absolute Gasteiger partial charge is 0.195 e. The van der Waals surface area contributed by atoms with Crippen LogP contribution in [-0.2, 0) is 6.54 Å². The molecule has 0 unspecified atom stereocenters. The van der Waals surface area contributed by atoms with E-state index in [1.807, 2.05) is 24.7 Å². The standard InChI is InChI=1S/C24H21N5/c1-16-3-4-21(11-17(16)2)19-5-7-20(8-6-19)24-27-22-9-10-29(15-23(22)28-24)14-18-12-25-26-13-18/h3-13,15H,14H2,1-2H3,(H,25,26)/p+1. The quantitative estimate of drug-likeness (QED) is 0.449. The van der Waals surface area contributed by atoms with Crippen molar-refractivity contribution in [2.24, 2.45) is 0 Å². The van der Waals surface area contributed by atoms with Crippen molar-refractivity contribution in [3.05, 3.63) is 90.0 Å². The summed E-state index contributed by atoms with van der Waals surface area (Å²) in [5, 5.41) is 6.86. The summed E-state index contributed by atoms with van der Waals surface area (Å²) in [4.78, 5) is 8.21. The van der Waals surface area contributed by atoms with Crippen molar-refractivity contribution < 1.29 is 4.57 Å². The number of aromatic nitrogens is 5. The summed E-state index contributed by atoms with van der Waals surface area (Å²) < 4.78 is 2.12. The maximum absolute atomic E-state index is 4.76. The SMILES string of the molecule is Cc1ccc(-c2ccc(-c3nc4cc[n+](Cc5cn[nH]c5)cc4[nH]3)cc2)cc1C. The second kappa shape index (κ2) is 7.02. The number of benzene rings is 2. The maximum atomic E-state index is 4.76. The van der Waals surface area contributed by atoms with Gasteiger partial charge in [-0.3, -0.25) is 5.10 Å². The van der Waals surface area contributed by atoms with Crippen LogP contribution in [0.5, 0.6) is 0 Å². The van der Waals surface area contributed by atoms with Crippen LogP contribution in [0.3, 0.4) is 0 Å². The number of pyridine rings is 1. The molecule has 0 saturated carbocycles. The number of aryl methyl sites for hydroxylation is 2. The molecule has 0 aliphatic heterocycles. The highest BCUT2D eigenvalue weighted by molar-refractivity contribution is 5.78. The number of nitrogens with zero attached hydrogens (tertiary/aromatic N) is 3. The summed E-state index contributed by atoms with van der Waals surface area (Å²) in [5.41, 5.74) is 9.28. The van der Waals surface area contributed by atoms with Crippen molar-refractivity contribution in [2.75, 3.05) is 0 Å². The zero-order valence-corrected chi connectivity index (χ0v) is 16.5. The molecule has 0 aliphatic rings. The molecule has 2 N–H and O–H groups in total. The first kappa shape index (κ1) is 17.4. The van der Waals surface area contributed by atoms with Gasteiger partial charge in [0.05, 0.1) is 11.8 Å². The van der Waals surface area contributed by atoms with Crippen molar-refractivity contribution in [2.45, 2.75) is 20.4 Å². The summed E-state index contributed by atoms with van der Waals surface area (Å²) in [7, 11) is 0. The van der Waals surface area contributed by atoms with E-state index >= 15 is 0 Å². The van der Waals surface area contributed by atoms with E-state index in [9.17, 15) is 0 Å². The summed E-state index contributed by atoms with van der Waals surface area (Å²) in [6.45, 7) is 5.06. The molecule has 3 heterocycles. The lowest BCUT2D eigenvalue weighted by molar-refractivity contribution is -0.687. The van der Waals surface area contributed by atoms with Gasteiger partial charge in [-0.15, -0.1) is 0 Å². The van der Waals surface area contributed by atoms with Gasteiger partial charge in [-0.05, 0) is 36.1 Å². The van der Waals surface area contributed by atoms with Gasteiger partial charge in [-0.2, -0.15) is 9.67 Å². The highest BCUT2D eigenvalue weighted by Gasteiger charge is 2.11. The molecule has 0 aliphatic carbocycles. The maximum Gasteiger partial charge on any atom is 0.195 e. The highest BCUT2D eigenvalue weighted by atomic mass is 15.1. The third-order valence-corrected chi connectivity index (χ3v) is 5.40. The van der Waals surface area contributed by atoms with Crippen LogP contribution in [0.15, 0.2) is 73.3 Å². The number of rotatable bonds is 4. The van der Waals surface area contributed by atoms with E-state index in [1.165, 1.54) is 22.3 Å². The molecule has 0 saturated heterocycles. The summed E-state index contributed by atoms with van der Waals surface area (Å²) in [5.74, 6) is 0.882. The molecule has 0 fully saturated rings. The minimum absolute atomic E-state index is 0.769. The zero-order valence-electron chi connectivity index (χ0n) is 16.5. The van der Waals surface area contributed by atoms with Crippen LogP contribution in [0, 0.1) is 13.8 Å². The Bertz CT molecular complexity index is 1280. The number of nitrogens with one attached hydrogen (secondary N) is 2. The molecule has 5 aromatic rings. The molecular formula is C24H22N5+. The van der Waals surface area contributed by atoms with Gasteiger partial charge in [0.25, 0.3) is 0 Å². The highest BCUT2D eigenvalue weighted by Crippen LogP contribution is 2.26. The van der Waals surface area contributed by atoms with Gasteiger partial charge in [0, 0.05) is 17.8 Å². The minimum atomic E-state index is 0.769. The van der Waals surface area contributed by atoms with Gasteiger partial charge in [-0.25, -0.2) is 4.98 Å². The fourth-order valence-electron chi connectivity index (χ4n) is 3.55. The van der Waals surface area contributed by atoms with Crippen LogP contribution in [0.2, 0.25) is 0 Å². The second-order valence-electron chi connectivity index (χ2n) is 7.48. The van der Waals surface area contributed by atoms with Crippen LogP contribution in [-0.4, -0.2) is 20.2 Å². The van der Waals surface area contributed by atoms with Crippen LogP contribution < -0.4 is 4.57 Å². The lowest BCUT2D eigenvalue weighted by Crippen LogP contribution is -2.32. The molecule has 3 aromatic heterocycles. The number of hydrogen-bond donors (Lipinski definition) is 2. The minimum Gasteiger partial charge on any atom is -0.333 e. The van der Waals surface area contributed by atoms with Crippen LogP contribution in [0.25, 0.3) is 33.5 Å². The summed E-state index contributed by atoms with van der Waals surface area (Å²) >= 11 is 0. The molecule has 0 spiro atoms. The van der Waals surface area contributed by atoms with Crippen LogP contribution in [0.4, 0.5) is 0 Å². The Hall–Kier alpha value is -3.73. The third kappa shape index (κ3) is 3.43. The third-order valence-electron chi connectivity index (χ3n) is 5.40. The fraction of sp³-hybridized carbons (Fsp3) is 0.125. The molecule has 5 rings (SSSR count). The molecule has 0 bridgehead atoms. The number of aromatic amines is 2. The molecule has 0 amide bonds. The Kier molecular flexibility index (Phi) is 4.21. The number of H-pyrrole nitrogens is 2. The van der Waals surface area contributed by atoms with E-state index in [2.05, 4.69) is 82.3 Å². The summed E-state index contributed by atoms with van der Waals surface area (Å²) in [6.07, 6.45) is 7.88. The first-order valence-corrected chi connectivity index (χ1v) is 9.70. The average Bonchev–Trinajstić information content (AvgIpc) is 3.40. The van der Waals surface area contributed by atoms with Crippen molar-refractivity contribution >= 4 is 11.0 Å². The molecular weight excluding hydrogens is 358 g/mol. The van der Waals surface area contributed by atoms with Crippen molar-refractivity contribution in [1.82, 2.24) is 20.2 Å². The topological polar surface area (TPSA) is 61.2 Å². The Morgan fingerprint density at radius 3 is 2.45 bits per heavy atom. The molecule has 142 valence electrons. The van der Waals surface area contributed by atoms with E-state index in [4.69, 9.17) is 4.98 Å². The second-order valence-corrected chi connectivity index (χ2v) is 7.48. The van der Waals surface area contributed by atoms with Gasteiger partial charge in [0.2, 0.25) is 0 Å². The van der Waals surface area contributed by atoms with Crippen molar-refractivity contribution in [3.63, 3.8) is 0 Å². The van der Waals surface area contributed by atoms with E-state index in [1.54, 1.807) is 0 Å². The van der Waals surface area contributed by atoms with Crippen molar-refractivity contribution in [3.8, 4) is 22.5 Å². The molecule has 0 radical (unpaired) electrons. The largest absolute Gasteiger partial charge is 0.333 e. The van der Waals surface area contributed by atoms with Gasteiger partial charge >= 0.3 is 0 Å². The van der Waals surface area contributed by atoms with Crippen LogP contribution >= 0.6 is 0 Å².